The molecule has 0 radical (unpaired) electrons. The predicted molar refractivity (Wildman–Crippen MR) is 43.0 cm³/mol. The fraction of sp³-hybridized carbons (Fsp3) is 0.143. The molecule has 0 spiro atoms. The molecule has 1 atom stereocenters. The van der Waals surface area contributed by atoms with Gasteiger partial charge in [0.15, 0.2) is 0 Å². The summed E-state index contributed by atoms with van der Waals surface area (Å²) in [5, 5.41) is 0. The topological polar surface area (TPSA) is 52.3 Å². The fourth-order valence-corrected chi connectivity index (χ4v) is 0.989. The molecule has 0 saturated carbocycles. The van der Waals surface area contributed by atoms with Crippen LogP contribution in [0.2, 0.25) is 0 Å². The van der Waals surface area contributed by atoms with Crippen molar-refractivity contribution in [3.63, 3.8) is 0 Å². The van der Waals surface area contributed by atoms with Crippen LogP contribution in [-0.2, 0) is 15.7 Å². The molecule has 0 amide bonds. The summed E-state index contributed by atoms with van der Waals surface area (Å²) in [7, 11) is -1.97. The highest BCUT2D eigenvalue weighted by Crippen LogP contribution is 2.13. The second kappa shape index (κ2) is 4.19. The quantitative estimate of drug-likeness (QED) is 0.704. The zero-order chi connectivity index (χ0) is 8.10. The maximum absolute atomic E-state index is 10.3. The molecule has 0 aliphatic rings. The molecular weight excluding hydrogens is 161 g/mol. The largest absolute Gasteiger partial charge is 0.610 e. The molecule has 58 valence electrons. The van der Waals surface area contributed by atoms with Gasteiger partial charge in [-0.2, -0.15) is 0 Å². The van der Waals surface area contributed by atoms with Crippen LogP contribution in [-0.4, -0.2) is 0 Å². The van der Waals surface area contributed by atoms with Gasteiger partial charge in [-0.1, -0.05) is 35.8 Å². The third-order valence-corrected chi connectivity index (χ3v) is 1.58. The first-order chi connectivity index (χ1) is 5.29. The summed E-state index contributed by atoms with van der Waals surface area (Å²) in [6.45, 7) is 0.312. The smallest absolute Gasteiger partial charge is 0.125 e. The molecule has 3 nitrogen and oxygen atoms in total. The Labute approximate surface area is 66.1 Å². The van der Waals surface area contributed by atoms with Crippen LogP contribution in [0.4, 0.5) is 0 Å². The van der Waals surface area contributed by atoms with Gasteiger partial charge >= 0.3 is 8.18 Å². The van der Waals surface area contributed by atoms with Crippen LogP contribution in [0.25, 0.3) is 0 Å². The average molecular weight is 170 g/mol. The Bertz CT molecular complexity index is 237. The lowest BCUT2D eigenvalue weighted by molar-refractivity contribution is 0.319. The lowest BCUT2D eigenvalue weighted by atomic mass is 10.2. The molecule has 0 fully saturated rings. The molecule has 0 heterocycles. The van der Waals surface area contributed by atoms with Crippen LogP contribution in [0.1, 0.15) is 5.56 Å². The second-order valence-corrected chi connectivity index (χ2v) is 2.87. The predicted octanol–water partition coefficient (Wildman–Crippen LogP) is 1.82. The van der Waals surface area contributed by atoms with Crippen molar-refractivity contribution in [2.75, 3.05) is 0 Å². The van der Waals surface area contributed by atoms with E-state index in [1.54, 1.807) is 0 Å². The van der Waals surface area contributed by atoms with E-state index < -0.39 is 8.18 Å². The first-order valence-corrected chi connectivity index (χ1v) is 4.42. The highest BCUT2D eigenvalue weighted by molar-refractivity contribution is 7.36. The Morgan fingerprint density at radius 2 is 2.00 bits per heavy atom. The van der Waals surface area contributed by atoms with Crippen molar-refractivity contribution in [3.8, 4) is 0 Å². The number of hydrogen-bond acceptors (Lipinski definition) is 2. The van der Waals surface area contributed by atoms with E-state index in [-0.39, 0.29) is 0 Å². The summed E-state index contributed by atoms with van der Waals surface area (Å²) >= 11 is 0. The van der Waals surface area contributed by atoms with Crippen LogP contribution < -0.4 is 5.50 Å². The van der Waals surface area contributed by atoms with Crippen molar-refractivity contribution < 1.29 is 9.09 Å². The van der Waals surface area contributed by atoms with E-state index >= 15 is 0 Å². The third-order valence-electron chi connectivity index (χ3n) is 1.20. The van der Waals surface area contributed by atoms with E-state index in [1.807, 2.05) is 30.3 Å². The number of hydrogen-bond donors (Lipinski definition) is 1. The third kappa shape index (κ3) is 3.23. The van der Waals surface area contributed by atoms with Crippen LogP contribution in [0, 0.1) is 0 Å². The van der Waals surface area contributed by atoms with E-state index in [2.05, 4.69) is 0 Å². The first kappa shape index (κ1) is 8.34. The van der Waals surface area contributed by atoms with Crippen LogP contribution in [0.3, 0.4) is 0 Å². The summed E-state index contributed by atoms with van der Waals surface area (Å²) in [4.78, 5) is 0. The lowest BCUT2D eigenvalue weighted by Crippen LogP contribution is -1.88. The molecule has 11 heavy (non-hydrogen) atoms. The molecule has 1 rings (SSSR count). The summed E-state index contributed by atoms with van der Waals surface area (Å²) < 4.78 is 15.0. The molecular formula is C7H9NO2P+. The molecule has 1 aromatic rings. The van der Waals surface area contributed by atoms with Crippen LogP contribution in [0.5, 0.6) is 0 Å². The number of benzene rings is 1. The molecule has 0 bridgehead atoms. The SMILES string of the molecule is N[P+](=O)OCc1ccccc1. The van der Waals surface area contributed by atoms with Crippen LogP contribution >= 0.6 is 8.18 Å². The molecule has 1 unspecified atom stereocenters. The highest BCUT2D eigenvalue weighted by atomic mass is 31.1. The van der Waals surface area contributed by atoms with Gasteiger partial charge in [0, 0.05) is 0 Å². The van der Waals surface area contributed by atoms with E-state index in [0.29, 0.717) is 6.61 Å². The Morgan fingerprint density at radius 1 is 1.36 bits per heavy atom. The molecule has 0 aromatic heterocycles. The van der Waals surface area contributed by atoms with E-state index in [1.165, 1.54) is 0 Å². The van der Waals surface area contributed by atoms with Gasteiger partial charge in [0.2, 0.25) is 0 Å². The summed E-state index contributed by atoms with van der Waals surface area (Å²) in [6.07, 6.45) is 0. The lowest BCUT2D eigenvalue weighted by Gasteiger charge is -1.91. The minimum Gasteiger partial charge on any atom is -0.125 e. The number of nitrogens with two attached hydrogens (primary N) is 1. The standard InChI is InChI=1S/C7H9NO2P/c8-11(9)10-6-7-4-2-1-3-5-7/h1-5H,6H2,(H2,8,9)/q+1. The van der Waals surface area contributed by atoms with Crippen molar-refractivity contribution in [2.24, 2.45) is 5.50 Å². The summed E-state index contributed by atoms with van der Waals surface area (Å²) in [5.74, 6) is 0. The molecule has 1 aromatic carbocycles. The first-order valence-electron chi connectivity index (χ1n) is 3.18. The van der Waals surface area contributed by atoms with Gasteiger partial charge in [0.25, 0.3) is 0 Å². The van der Waals surface area contributed by atoms with Gasteiger partial charge in [-0.25, -0.2) is 0 Å². The van der Waals surface area contributed by atoms with E-state index in [9.17, 15) is 4.57 Å². The minimum absolute atomic E-state index is 0.312. The maximum atomic E-state index is 10.3. The second-order valence-electron chi connectivity index (χ2n) is 2.04. The Kier molecular flexibility index (Phi) is 3.17. The van der Waals surface area contributed by atoms with Gasteiger partial charge < -0.3 is 0 Å². The maximum Gasteiger partial charge on any atom is 0.610 e. The molecule has 0 aliphatic carbocycles. The number of rotatable bonds is 3. The summed E-state index contributed by atoms with van der Waals surface area (Å²) in [5.41, 5.74) is 5.90. The van der Waals surface area contributed by atoms with E-state index in [4.69, 9.17) is 10.0 Å². The Balaban J connectivity index is 2.45. The van der Waals surface area contributed by atoms with Gasteiger partial charge in [-0.15, -0.1) is 4.52 Å². The molecule has 2 N–H and O–H groups in total. The molecule has 0 saturated heterocycles. The Hall–Kier alpha value is -0.760. The zero-order valence-corrected chi connectivity index (χ0v) is 6.83. The van der Waals surface area contributed by atoms with Gasteiger partial charge in [-0.05, 0) is 10.1 Å². The van der Waals surface area contributed by atoms with Gasteiger partial charge in [-0.3, -0.25) is 0 Å². The average Bonchev–Trinajstić information content (AvgIpc) is 2.03. The minimum atomic E-state index is -1.97. The zero-order valence-electron chi connectivity index (χ0n) is 5.93. The van der Waals surface area contributed by atoms with Gasteiger partial charge in [0.05, 0.1) is 0 Å². The van der Waals surface area contributed by atoms with Crippen molar-refractivity contribution in [1.29, 1.82) is 0 Å². The molecule has 4 heteroatoms. The summed E-state index contributed by atoms with van der Waals surface area (Å²) in [6, 6.07) is 9.47. The Morgan fingerprint density at radius 3 is 2.55 bits per heavy atom. The van der Waals surface area contributed by atoms with Crippen molar-refractivity contribution in [1.82, 2.24) is 0 Å². The van der Waals surface area contributed by atoms with Gasteiger partial charge in [0.1, 0.15) is 6.61 Å². The van der Waals surface area contributed by atoms with Crippen molar-refractivity contribution in [2.45, 2.75) is 6.61 Å². The van der Waals surface area contributed by atoms with Crippen molar-refractivity contribution >= 4 is 8.18 Å². The normalized spacial score (nSPS) is 11.2. The monoisotopic (exact) mass is 170 g/mol. The van der Waals surface area contributed by atoms with E-state index in [0.717, 1.165) is 5.56 Å². The fourth-order valence-electron chi connectivity index (χ4n) is 0.712. The highest BCUT2D eigenvalue weighted by Gasteiger charge is 2.07. The van der Waals surface area contributed by atoms with Crippen LogP contribution in [0.15, 0.2) is 30.3 Å². The molecule has 0 aliphatic heterocycles. The van der Waals surface area contributed by atoms with Crippen molar-refractivity contribution in [3.05, 3.63) is 35.9 Å².